The molecule has 1 radical (unpaired) electrons. The fourth-order valence-corrected chi connectivity index (χ4v) is 0.434. The second-order valence-electron chi connectivity index (χ2n) is 1.24. The second kappa shape index (κ2) is 5.32. The molecule has 1 fully saturated rings. The van der Waals surface area contributed by atoms with Crippen LogP contribution in [0.15, 0.2) is 0 Å². The molecule has 0 aliphatic carbocycles. The van der Waals surface area contributed by atoms with E-state index >= 15 is 0 Å². The van der Waals surface area contributed by atoms with Crippen molar-refractivity contribution in [1.82, 2.24) is 5.32 Å². The summed E-state index contributed by atoms with van der Waals surface area (Å²) < 4.78 is 4.88. The molecule has 1 saturated heterocycles. The van der Waals surface area contributed by atoms with Crippen LogP contribution in [0.2, 0.25) is 0 Å². The van der Waals surface area contributed by atoms with Gasteiger partial charge in [-0.1, -0.05) is 0 Å². The first-order valence-corrected chi connectivity index (χ1v) is 2.14. The summed E-state index contributed by atoms with van der Waals surface area (Å²) in [4.78, 5) is 0. The molecule has 1 heterocycles. The van der Waals surface area contributed by atoms with E-state index in [-0.39, 0.29) is 37.7 Å². The molecular weight excluding hydrogens is 118 g/mol. The first-order valence-electron chi connectivity index (χ1n) is 2.14. The first kappa shape index (κ1) is 8.18. The van der Waals surface area contributed by atoms with Crippen LogP contribution in [0.25, 0.3) is 0 Å². The minimum absolute atomic E-state index is 0. The predicted octanol–water partition coefficient (Wildman–Crippen LogP) is -1.15. The van der Waals surface area contributed by atoms with E-state index in [9.17, 15) is 0 Å². The van der Waals surface area contributed by atoms with Crippen molar-refractivity contribution in [1.29, 1.82) is 0 Å². The van der Waals surface area contributed by atoms with Crippen LogP contribution in [0.1, 0.15) is 0 Å². The van der Waals surface area contributed by atoms with E-state index in [0.717, 1.165) is 19.7 Å². The van der Waals surface area contributed by atoms with Gasteiger partial charge < -0.3 is 10.1 Å². The first-order chi connectivity index (χ1) is 3.00. The van der Waals surface area contributed by atoms with E-state index < -0.39 is 0 Å². The number of morpholine rings is 1. The molecule has 0 bridgehead atoms. The molecule has 1 N–H and O–H groups in total. The van der Waals surface area contributed by atoms with Gasteiger partial charge in [0.25, 0.3) is 0 Å². The number of nitrogens with one attached hydrogen (secondary N) is 1. The summed E-state index contributed by atoms with van der Waals surface area (Å²) in [5.74, 6) is 0. The van der Waals surface area contributed by atoms with Crippen molar-refractivity contribution < 1.29 is 4.74 Å². The molecule has 39 valence electrons. The molecule has 7 heavy (non-hydrogen) atoms. The van der Waals surface area contributed by atoms with E-state index in [2.05, 4.69) is 5.32 Å². The fraction of sp³-hybridized carbons (Fsp3) is 0.750. The quantitative estimate of drug-likeness (QED) is 0.416. The SMILES string of the molecule is [CH]1CNCCO1.[CaH2]. The molecule has 0 aromatic heterocycles. The number of hydrogen-bond acceptors (Lipinski definition) is 2. The van der Waals surface area contributed by atoms with Crippen molar-refractivity contribution in [3.05, 3.63) is 6.61 Å². The Kier molecular flexibility index (Phi) is 6.22. The van der Waals surface area contributed by atoms with Gasteiger partial charge in [0.05, 0.1) is 13.2 Å². The van der Waals surface area contributed by atoms with Crippen LogP contribution in [-0.4, -0.2) is 57.4 Å². The number of ether oxygens (including phenoxy) is 1. The van der Waals surface area contributed by atoms with Crippen molar-refractivity contribution in [2.24, 2.45) is 0 Å². The van der Waals surface area contributed by atoms with Crippen molar-refractivity contribution in [3.8, 4) is 0 Å². The Labute approximate surface area is 73.6 Å². The summed E-state index contributed by atoms with van der Waals surface area (Å²) in [6, 6.07) is 0. The Hall–Kier alpha value is 1.18. The predicted molar refractivity (Wildman–Crippen MR) is 31.7 cm³/mol. The summed E-state index contributed by atoms with van der Waals surface area (Å²) in [7, 11) is 0. The van der Waals surface area contributed by atoms with Crippen LogP contribution < -0.4 is 5.32 Å². The number of hydrogen-bond donors (Lipinski definition) is 1. The maximum absolute atomic E-state index is 4.88. The molecule has 1 aliphatic rings. The van der Waals surface area contributed by atoms with Gasteiger partial charge in [0.15, 0.2) is 0 Å². The van der Waals surface area contributed by atoms with E-state index in [1.165, 1.54) is 0 Å². The second-order valence-corrected chi connectivity index (χ2v) is 1.24. The van der Waals surface area contributed by atoms with Crippen LogP contribution >= 0.6 is 0 Å². The maximum atomic E-state index is 4.88. The van der Waals surface area contributed by atoms with Gasteiger partial charge in [-0.05, 0) is 0 Å². The third-order valence-electron chi connectivity index (χ3n) is 0.742. The number of rotatable bonds is 0. The molecule has 0 saturated carbocycles. The molecule has 0 aromatic rings. The van der Waals surface area contributed by atoms with Crippen molar-refractivity contribution in [3.63, 3.8) is 0 Å². The Bertz CT molecular complexity index is 27.2. The van der Waals surface area contributed by atoms with Gasteiger partial charge in [0.2, 0.25) is 0 Å². The van der Waals surface area contributed by atoms with Gasteiger partial charge in [-0.15, -0.1) is 0 Å². The molecule has 3 heteroatoms. The van der Waals surface area contributed by atoms with E-state index in [1.807, 2.05) is 0 Å². The zero-order valence-electron chi connectivity index (χ0n) is 3.61. The minimum atomic E-state index is 0. The topological polar surface area (TPSA) is 21.3 Å². The molecule has 1 aliphatic heterocycles. The average Bonchev–Trinajstić information content (AvgIpc) is 1.72. The molecule has 0 spiro atoms. The van der Waals surface area contributed by atoms with E-state index in [0.29, 0.717) is 0 Å². The zero-order chi connectivity index (χ0) is 4.24. The Morgan fingerprint density at radius 1 is 1.57 bits per heavy atom. The summed E-state index contributed by atoms with van der Waals surface area (Å²) in [5, 5.41) is 3.10. The van der Waals surface area contributed by atoms with Crippen LogP contribution in [0.5, 0.6) is 0 Å². The molecule has 0 amide bonds. The molecule has 0 aromatic carbocycles. The van der Waals surface area contributed by atoms with Gasteiger partial charge in [-0.25, -0.2) is 0 Å². The van der Waals surface area contributed by atoms with E-state index in [4.69, 9.17) is 4.74 Å². The summed E-state index contributed by atoms with van der Waals surface area (Å²) in [6.07, 6.45) is 0. The molecule has 0 unspecified atom stereocenters. The molecule has 0 atom stereocenters. The van der Waals surface area contributed by atoms with Crippen LogP contribution in [0, 0.1) is 6.61 Å². The van der Waals surface area contributed by atoms with Crippen LogP contribution in [-0.2, 0) is 4.74 Å². The van der Waals surface area contributed by atoms with Gasteiger partial charge in [-0.3, -0.25) is 0 Å². The van der Waals surface area contributed by atoms with Crippen molar-refractivity contribution in [2.75, 3.05) is 19.7 Å². The van der Waals surface area contributed by atoms with Gasteiger partial charge in [-0.2, -0.15) is 0 Å². The van der Waals surface area contributed by atoms with Gasteiger partial charge >= 0.3 is 37.7 Å². The normalized spacial score (nSPS) is 20.6. The average molecular weight is 128 g/mol. The summed E-state index contributed by atoms with van der Waals surface area (Å²) in [5.41, 5.74) is 0. The Balaban J connectivity index is 0.000000360. The Morgan fingerprint density at radius 3 is 2.57 bits per heavy atom. The zero-order valence-corrected chi connectivity index (χ0v) is 3.61. The monoisotopic (exact) mass is 128 g/mol. The van der Waals surface area contributed by atoms with Crippen molar-refractivity contribution >= 4 is 37.7 Å². The molecule has 2 nitrogen and oxygen atoms in total. The summed E-state index contributed by atoms with van der Waals surface area (Å²) >= 11 is 0. The molecular formula is C4H10CaNO. The third-order valence-corrected chi connectivity index (χ3v) is 0.742. The van der Waals surface area contributed by atoms with Crippen LogP contribution in [0.4, 0.5) is 0 Å². The summed E-state index contributed by atoms with van der Waals surface area (Å²) in [6.45, 7) is 4.51. The van der Waals surface area contributed by atoms with E-state index in [1.54, 1.807) is 6.61 Å². The molecule has 1 rings (SSSR count). The standard InChI is InChI=1S/C4H8NO.Ca.2H/c1-3-6-4-2-5-1;;;/h3,5H,1-2,4H2;;;. The van der Waals surface area contributed by atoms with Gasteiger partial charge in [0, 0.05) is 13.1 Å². The Morgan fingerprint density at radius 2 is 2.43 bits per heavy atom. The van der Waals surface area contributed by atoms with Crippen LogP contribution in [0.3, 0.4) is 0 Å². The third kappa shape index (κ3) is 3.74. The van der Waals surface area contributed by atoms with Crippen molar-refractivity contribution in [2.45, 2.75) is 0 Å². The van der Waals surface area contributed by atoms with Gasteiger partial charge in [0.1, 0.15) is 0 Å². The fourth-order valence-electron chi connectivity index (χ4n) is 0.434.